The monoisotopic (exact) mass is 409 g/mol. The van der Waals surface area contributed by atoms with E-state index in [1.165, 1.54) is 41.2 Å². The molecule has 3 aliphatic carbocycles. The van der Waals surface area contributed by atoms with Crippen LogP contribution in [0.2, 0.25) is 0 Å². The number of sulfonamides is 1. The Morgan fingerprint density at radius 2 is 1.66 bits per heavy atom. The van der Waals surface area contributed by atoms with Crippen LogP contribution in [0.15, 0.2) is 64.6 Å². The maximum atomic E-state index is 14.1. The molecule has 0 amide bonds. The lowest BCUT2D eigenvalue weighted by Crippen LogP contribution is -2.28. The van der Waals surface area contributed by atoms with Crippen molar-refractivity contribution < 1.29 is 12.8 Å². The molecular formula is C24H24FNO2S. The highest BCUT2D eigenvalue weighted by Gasteiger charge is 2.48. The van der Waals surface area contributed by atoms with Crippen LogP contribution in [0.3, 0.4) is 0 Å². The van der Waals surface area contributed by atoms with E-state index in [1.807, 2.05) is 18.2 Å². The number of rotatable bonds is 3. The molecule has 2 fully saturated rings. The van der Waals surface area contributed by atoms with Gasteiger partial charge in [-0.1, -0.05) is 36.3 Å². The second-order valence-corrected chi connectivity index (χ2v) is 10.1. The van der Waals surface area contributed by atoms with Crippen molar-refractivity contribution in [3.63, 3.8) is 0 Å². The molecule has 150 valence electrons. The van der Waals surface area contributed by atoms with E-state index < -0.39 is 10.0 Å². The molecule has 0 unspecified atom stereocenters. The zero-order valence-corrected chi connectivity index (χ0v) is 17.1. The number of allylic oxidation sites excluding steroid dienone is 4. The molecule has 0 radical (unpaired) electrons. The Kier molecular flexibility index (Phi) is 4.30. The van der Waals surface area contributed by atoms with Crippen molar-refractivity contribution in [2.45, 2.75) is 49.8 Å². The summed E-state index contributed by atoms with van der Waals surface area (Å²) in [4.78, 5) is 0.118. The largest absolute Gasteiger partial charge is 0.238 e. The molecule has 29 heavy (non-hydrogen) atoms. The fraction of sp³-hybridized carbons (Fsp3) is 0.333. The van der Waals surface area contributed by atoms with Crippen molar-refractivity contribution in [1.82, 2.24) is 0 Å². The molecule has 0 atom stereocenters. The Balaban J connectivity index is 1.75. The predicted molar refractivity (Wildman–Crippen MR) is 113 cm³/mol. The first-order chi connectivity index (χ1) is 13.9. The lowest BCUT2D eigenvalue weighted by molar-refractivity contribution is 0.225. The van der Waals surface area contributed by atoms with E-state index in [2.05, 4.69) is 0 Å². The number of hydrogen-bond donors (Lipinski definition) is 1. The summed E-state index contributed by atoms with van der Waals surface area (Å²) in [5.41, 5.74) is 7.36. The molecule has 3 nitrogen and oxygen atoms in total. The van der Waals surface area contributed by atoms with Crippen molar-refractivity contribution >= 4 is 21.2 Å². The average Bonchev–Trinajstić information content (AvgIpc) is 2.96. The van der Waals surface area contributed by atoms with E-state index in [0.29, 0.717) is 0 Å². The first-order valence-electron chi connectivity index (χ1n) is 10.2. The lowest BCUT2D eigenvalue weighted by Gasteiger charge is -2.41. The van der Waals surface area contributed by atoms with Gasteiger partial charge in [-0.2, -0.15) is 0 Å². The van der Waals surface area contributed by atoms with E-state index in [9.17, 15) is 12.8 Å². The van der Waals surface area contributed by atoms with Crippen molar-refractivity contribution in [1.29, 1.82) is 0 Å². The van der Waals surface area contributed by atoms with E-state index >= 15 is 0 Å². The molecule has 2 aromatic carbocycles. The average molecular weight is 410 g/mol. The summed E-state index contributed by atoms with van der Waals surface area (Å²) in [6.07, 6.45) is 7.92. The van der Waals surface area contributed by atoms with Gasteiger partial charge >= 0.3 is 0 Å². The minimum atomic E-state index is -3.73. The van der Waals surface area contributed by atoms with Crippen LogP contribution in [0.25, 0.3) is 11.1 Å². The molecule has 0 bridgehead atoms. The third-order valence-electron chi connectivity index (χ3n) is 6.88. The van der Waals surface area contributed by atoms with E-state index in [1.54, 1.807) is 24.3 Å². The molecule has 0 saturated heterocycles. The Morgan fingerprint density at radius 3 is 2.17 bits per heavy atom. The number of benzene rings is 2. The molecule has 5 rings (SSSR count). The molecule has 2 N–H and O–H groups in total. The second-order valence-electron chi connectivity index (χ2n) is 8.58. The van der Waals surface area contributed by atoms with Crippen LogP contribution < -0.4 is 5.14 Å². The van der Waals surface area contributed by atoms with Crippen LogP contribution in [0.4, 0.5) is 4.39 Å². The summed E-state index contributed by atoms with van der Waals surface area (Å²) in [6, 6.07) is 13.8. The summed E-state index contributed by atoms with van der Waals surface area (Å²) >= 11 is 0. The summed E-state index contributed by atoms with van der Waals surface area (Å²) in [6.45, 7) is 0. The first kappa shape index (κ1) is 18.8. The van der Waals surface area contributed by atoms with Crippen molar-refractivity contribution in [3.05, 3.63) is 76.6 Å². The number of primary sulfonamides is 1. The standard InChI is InChI=1S/C24H24FNO2S/c25-19-7-2-6-18(14-19)22-21(16-4-1-5-16)15-24(12-3-13-24)23(22)17-8-10-20(11-9-17)29(26,27)28/h2,6-11,14H,1,3-5,12-13,15H2,(H2,26,27,28). The zero-order chi connectivity index (χ0) is 20.2. The SMILES string of the molecule is NS(=O)(=O)c1ccc(C2=C(c3cccc(F)c3)C(=C3CCC3)CC23CCC3)cc1. The Bertz CT molecular complexity index is 1150. The first-order valence-corrected chi connectivity index (χ1v) is 11.8. The van der Waals surface area contributed by atoms with Gasteiger partial charge in [-0.25, -0.2) is 17.9 Å². The van der Waals surface area contributed by atoms with E-state index in [4.69, 9.17) is 5.14 Å². The van der Waals surface area contributed by atoms with Crippen molar-refractivity contribution in [2.24, 2.45) is 10.6 Å². The van der Waals surface area contributed by atoms with Crippen LogP contribution in [-0.4, -0.2) is 8.42 Å². The number of hydrogen-bond acceptors (Lipinski definition) is 2. The van der Waals surface area contributed by atoms with Crippen LogP contribution in [0.5, 0.6) is 0 Å². The Hall–Kier alpha value is -2.24. The van der Waals surface area contributed by atoms with Gasteiger partial charge in [-0.05, 0) is 90.6 Å². The maximum Gasteiger partial charge on any atom is 0.238 e. The number of halogens is 1. The lowest BCUT2D eigenvalue weighted by atomic mass is 9.62. The fourth-order valence-electron chi connectivity index (χ4n) is 5.14. The molecule has 0 heterocycles. The third kappa shape index (κ3) is 3.08. The van der Waals surface area contributed by atoms with Gasteiger partial charge in [0.25, 0.3) is 0 Å². The highest BCUT2D eigenvalue weighted by molar-refractivity contribution is 7.89. The van der Waals surface area contributed by atoms with Crippen molar-refractivity contribution in [3.8, 4) is 0 Å². The Morgan fingerprint density at radius 1 is 0.931 bits per heavy atom. The smallest absolute Gasteiger partial charge is 0.225 e. The van der Waals surface area contributed by atoms with Gasteiger partial charge in [0.15, 0.2) is 0 Å². The second kappa shape index (κ2) is 6.64. The minimum absolute atomic E-state index is 0.0860. The fourth-order valence-corrected chi connectivity index (χ4v) is 5.66. The molecule has 5 heteroatoms. The Labute approximate surface area is 171 Å². The molecular weight excluding hydrogens is 385 g/mol. The van der Waals surface area contributed by atoms with Crippen molar-refractivity contribution in [2.75, 3.05) is 0 Å². The topological polar surface area (TPSA) is 60.2 Å². The van der Waals surface area contributed by atoms with Gasteiger partial charge in [-0.15, -0.1) is 0 Å². The highest BCUT2D eigenvalue weighted by Crippen LogP contribution is 2.64. The van der Waals surface area contributed by atoms with E-state index in [0.717, 1.165) is 43.2 Å². The summed E-state index contributed by atoms with van der Waals surface area (Å²) in [7, 11) is -3.73. The van der Waals surface area contributed by atoms with Gasteiger partial charge in [0.2, 0.25) is 10.0 Å². The summed E-state index contributed by atoms with van der Waals surface area (Å²) in [5, 5.41) is 5.28. The van der Waals surface area contributed by atoms with Gasteiger partial charge in [0.1, 0.15) is 5.82 Å². The molecule has 1 spiro atoms. The minimum Gasteiger partial charge on any atom is -0.225 e. The molecule has 2 aromatic rings. The van der Waals surface area contributed by atoms with Gasteiger partial charge in [0.05, 0.1) is 4.90 Å². The molecule has 3 aliphatic rings. The summed E-state index contributed by atoms with van der Waals surface area (Å²) in [5.74, 6) is -0.230. The van der Waals surface area contributed by atoms with Gasteiger partial charge in [0, 0.05) is 5.41 Å². The third-order valence-corrected chi connectivity index (χ3v) is 7.81. The highest BCUT2D eigenvalue weighted by atomic mass is 32.2. The molecule has 0 aromatic heterocycles. The van der Waals surface area contributed by atoms with Gasteiger partial charge < -0.3 is 0 Å². The van der Waals surface area contributed by atoms with E-state index in [-0.39, 0.29) is 16.1 Å². The van der Waals surface area contributed by atoms with Crippen LogP contribution >= 0.6 is 0 Å². The molecule has 0 aliphatic heterocycles. The van der Waals surface area contributed by atoms with Crippen LogP contribution in [0, 0.1) is 11.2 Å². The van der Waals surface area contributed by atoms with Crippen LogP contribution in [-0.2, 0) is 10.0 Å². The zero-order valence-electron chi connectivity index (χ0n) is 16.2. The predicted octanol–water partition coefficient (Wildman–Crippen LogP) is 5.44. The summed E-state index contributed by atoms with van der Waals surface area (Å²) < 4.78 is 37.5. The molecule has 2 saturated carbocycles. The van der Waals surface area contributed by atoms with Crippen LogP contribution in [0.1, 0.15) is 56.1 Å². The normalized spacial score (nSPS) is 20.8. The van der Waals surface area contributed by atoms with Gasteiger partial charge in [-0.3, -0.25) is 0 Å². The quantitative estimate of drug-likeness (QED) is 0.734. The number of nitrogens with two attached hydrogens (primary N) is 1. The maximum absolute atomic E-state index is 14.1.